The molecule has 7 heteroatoms. The quantitative estimate of drug-likeness (QED) is 0.347. The lowest BCUT2D eigenvalue weighted by molar-refractivity contribution is 0.143. The van der Waals surface area contributed by atoms with Crippen molar-refractivity contribution in [2.24, 2.45) is 0 Å². The molecule has 1 rings (SSSR count). The van der Waals surface area contributed by atoms with Gasteiger partial charge >= 0.3 is 6.16 Å². The van der Waals surface area contributed by atoms with E-state index >= 15 is 0 Å². The predicted molar refractivity (Wildman–Crippen MR) is 72.8 cm³/mol. The molecule has 0 bridgehead atoms. The number of carbonyl (C=O) groups is 1. The molecule has 0 aliphatic carbocycles. The molecule has 1 aromatic rings. The van der Waals surface area contributed by atoms with Crippen molar-refractivity contribution in [2.75, 3.05) is 0 Å². The highest BCUT2D eigenvalue weighted by Crippen LogP contribution is 2.29. The Balaban J connectivity index is 3.07. The maximum atomic E-state index is 11.4. The molecule has 112 valence electrons. The van der Waals surface area contributed by atoms with Gasteiger partial charge in [-0.25, -0.2) is 4.79 Å². The second-order valence-electron chi connectivity index (χ2n) is 4.40. The molecule has 0 heterocycles. The van der Waals surface area contributed by atoms with Gasteiger partial charge in [-0.05, 0) is 24.5 Å². The highest BCUT2D eigenvalue weighted by atomic mass is 32.2. The van der Waals surface area contributed by atoms with Gasteiger partial charge in [0.25, 0.3) is 10.1 Å². The molecule has 0 unspecified atom stereocenters. The molecule has 0 fully saturated rings. The SMILES string of the molecule is CCCCCCc1cccc(OC(=O)O)c1S(=O)(=O)O. The van der Waals surface area contributed by atoms with Crippen molar-refractivity contribution in [3.8, 4) is 5.75 Å². The van der Waals surface area contributed by atoms with Crippen LogP contribution in [0.4, 0.5) is 4.79 Å². The topological polar surface area (TPSA) is 101 Å². The number of aryl methyl sites for hydroxylation is 1. The lowest BCUT2D eigenvalue weighted by Crippen LogP contribution is -2.10. The van der Waals surface area contributed by atoms with Crippen LogP contribution in [0.5, 0.6) is 5.75 Å². The van der Waals surface area contributed by atoms with E-state index in [1.54, 1.807) is 6.07 Å². The van der Waals surface area contributed by atoms with Crippen LogP contribution < -0.4 is 4.74 Å². The number of carboxylic acid groups (broad SMARTS) is 1. The minimum absolute atomic E-state index is 0.363. The summed E-state index contributed by atoms with van der Waals surface area (Å²) in [5.74, 6) is -0.368. The summed E-state index contributed by atoms with van der Waals surface area (Å²) in [4.78, 5) is 10.1. The average molecular weight is 302 g/mol. The highest BCUT2D eigenvalue weighted by Gasteiger charge is 2.22. The lowest BCUT2D eigenvalue weighted by atomic mass is 10.1. The second-order valence-corrected chi connectivity index (χ2v) is 5.76. The summed E-state index contributed by atoms with van der Waals surface area (Å²) in [5, 5.41) is 8.60. The summed E-state index contributed by atoms with van der Waals surface area (Å²) in [5.41, 5.74) is 0.363. The van der Waals surface area contributed by atoms with Gasteiger partial charge < -0.3 is 9.84 Å². The minimum atomic E-state index is -4.54. The fraction of sp³-hybridized carbons (Fsp3) is 0.462. The Kier molecular flexibility index (Phi) is 5.97. The Morgan fingerprint density at radius 3 is 2.50 bits per heavy atom. The van der Waals surface area contributed by atoms with E-state index in [4.69, 9.17) is 5.11 Å². The Morgan fingerprint density at radius 1 is 1.25 bits per heavy atom. The predicted octanol–water partition coefficient (Wildman–Crippen LogP) is 3.11. The van der Waals surface area contributed by atoms with Gasteiger partial charge in [0, 0.05) is 0 Å². The van der Waals surface area contributed by atoms with Crippen LogP contribution in [0.15, 0.2) is 23.1 Å². The van der Waals surface area contributed by atoms with Gasteiger partial charge in [-0.15, -0.1) is 0 Å². The minimum Gasteiger partial charge on any atom is -0.449 e. The fourth-order valence-electron chi connectivity index (χ4n) is 1.97. The fourth-order valence-corrected chi connectivity index (χ4v) is 2.83. The van der Waals surface area contributed by atoms with E-state index in [1.807, 2.05) is 0 Å². The molecular weight excluding hydrogens is 284 g/mol. The van der Waals surface area contributed by atoms with Crippen molar-refractivity contribution in [3.05, 3.63) is 23.8 Å². The standard InChI is InChI=1S/C13H18O6S/c1-2-3-4-5-7-10-8-6-9-11(19-13(14)15)12(10)20(16,17)18/h6,8-9H,2-5,7H2,1H3,(H,14,15)(H,16,17,18). The molecule has 0 spiro atoms. The normalized spacial score (nSPS) is 11.3. The molecule has 0 atom stereocenters. The number of rotatable bonds is 7. The van der Waals surface area contributed by atoms with Crippen LogP contribution in [0.3, 0.4) is 0 Å². The van der Waals surface area contributed by atoms with Crippen LogP contribution in [-0.4, -0.2) is 24.2 Å². The van der Waals surface area contributed by atoms with Crippen molar-refractivity contribution in [2.45, 2.75) is 43.9 Å². The van der Waals surface area contributed by atoms with Crippen LogP contribution in [0.2, 0.25) is 0 Å². The Bertz CT molecular complexity index is 564. The highest BCUT2D eigenvalue weighted by molar-refractivity contribution is 7.86. The van der Waals surface area contributed by atoms with Crippen LogP contribution in [0, 0.1) is 0 Å². The Labute approximate surface area is 118 Å². The molecule has 2 N–H and O–H groups in total. The summed E-state index contributed by atoms with van der Waals surface area (Å²) >= 11 is 0. The zero-order valence-electron chi connectivity index (χ0n) is 11.2. The third-order valence-electron chi connectivity index (χ3n) is 2.82. The first kappa shape index (κ1) is 16.5. The van der Waals surface area contributed by atoms with Crippen LogP contribution in [-0.2, 0) is 16.5 Å². The van der Waals surface area contributed by atoms with Gasteiger partial charge in [-0.3, -0.25) is 4.55 Å². The van der Waals surface area contributed by atoms with Crippen LogP contribution in [0.1, 0.15) is 38.2 Å². The van der Waals surface area contributed by atoms with E-state index < -0.39 is 21.2 Å². The monoisotopic (exact) mass is 302 g/mol. The number of unbranched alkanes of at least 4 members (excludes halogenated alkanes) is 3. The number of hydrogen-bond acceptors (Lipinski definition) is 4. The zero-order chi connectivity index (χ0) is 15.2. The van der Waals surface area contributed by atoms with Crippen molar-refractivity contribution in [3.63, 3.8) is 0 Å². The van der Waals surface area contributed by atoms with Crippen LogP contribution >= 0.6 is 0 Å². The van der Waals surface area contributed by atoms with E-state index in [9.17, 15) is 17.8 Å². The van der Waals surface area contributed by atoms with Gasteiger partial charge in [-0.1, -0.05) is 38.3 Å². The van der Waals surface area contributed by atoms with Crippen LogP contribution in [0.25, 0.3) is 0 Å². The number of benzene rings is 1. The van der Waals surface area contributed by atoms with Gasteiger partial charge in [-0.2, -0.15) is 8.42 Å². The first-order valence-electron chi connectivity index (χ1n) is 6.36. The van der Waals surface area contributed by atoms with Crippen molar-refractivity contribution in [1.82, 2.24) is 0 Å². The van der Waals surface area contributed by atoms with E-state index in [1.165, 1.54) is 12.1 Å². The maximum Gasteiger partial charge on any atom is 0.511 e. The summed E-state index contributed by atoms with van der Waals surface area (Å²) in [6.45, 7) is 2.06. The van der Waals surface area contributed by atoms with Gasteiger partial charge in [0.2, 0.25) is 0 Å². The molecule has 20 heavy (non-hydrogen) atoms. The first-order valence-corrected chi connectivity index (χ1v) is 7.80. The van der Waals surface area contributed by atoms with E-state index in [0.29, 0.717) is 12.0 Å². The van der Waals surface area contributed by atoms with Crippen molar-refractivity contribution in [1.29, 1.82) is 0 Å². The maximum absolute atomic E-state index is 11.4. The molecule has 0 saturated heterocycles. The molecule has 0 amide bonds. The summed E-state index contributed by atoms with van der Waals surface area (Å²) in [6.07, 6.45) is 2.59. The lowest BCUT2D eigenvalue weighted by Gasteiger charge is -2.11. The summed E-state index contributed by atoms with van der Waals surface area (Å²) in [6, 6.07) is 4.25. The first-order chi connectivity index (χ1) is 9.36. The van der Waals surface area contributed by atoms with Crippen molar-refractivity contribution < 1.29 is 27.6 Å². The molecule has 0 aliphatic heterocycles. The summed E-state index contributed by atoms with van der Waals surface area (Å²) < 4.78 is 36.5. The number of hydrogen-bond donors (Lipinski definition) is 2. The average Bonchev–Trinajstić information content (AvgIpc) is 2.32. The molecule has 6 nitrogen and oxygen atoms in total. The van der Waals surface area contributed by atoms with E-state index in [2.05, 4.69) is 11.7 Å². The van der Waals surface area contributed by atoms with Crippen molar-refractivity contribution >= 4 is 16.3 Å². The molecule has 0 radical (unpaired) electrons. The largest absolute Gasteiger partial charge is 0.511 e. The molecule has 0 saturated carbocycles. The molecule has 0 aliphatic rings. The number of ether oxygens (including phenoxy) is 1. The summed E-state index contributed by atoms with van der Waals surface area (Å²) in [7, 11) is -4.54. The Hall–Kier alpha value is -1.60. The molecular formula is C13H18O6S. The third-order valence-corrected chi connectivity index (χ3v) is 3.79. The second kappa shape index (κ2) is 7.25. The molecule has 0 aromatic heterocycles. The van der Waals surface area contributed by atoms with Gasteiger partial charge in [0.15, 0.2) is 5.75 Å². The van der Waals surface area contributed by atoms with Gasteiger partial charge in [0.05, 0.1) is 0 Å². The zero-order valence-corrected chi connectivity index (χ0v) is 12.0. The molecule has 1 aromatic carbocycles. The Morgan fingerprint density at radius 2 is 1.95 bits per heavy atom. The smallest absolute Gasteiger partial charge is 0.449 e. The van der Waals surface area contributed by atoms with E-state index in [0.717, 1.165) is 25.7 Å². The third kappa shape index (κ3) is 4.82. The van der Waals surface area contributed by atoms with E-state index in [-0.39, 0.29) is 5.75 Å². The van der Waals surface area contributed by atoms with Gasteiger partial charge in [0.1, 0.15) is 4.90 Å².